The molecule has 4 nitrogen and oxygen atoms in total. The first kappa shape index (κ1) is 16.5. The standard InChI is InChI=1S/C19H21FN2O2/c20-16-10-8-15(9-11-16)18(14-5-2-1-3-6-14)21-19(24)22-12-4-7-17(22)13-23/h1-3,5-6,8-11,17-18,23H,4,7,12-13H2,(H,21,24). The van der Waals surface area contributed by atoms with E-state index in [2.05, 4.69) is 5.32 Å². The van der Waals surface area contributed by atoms with E-state index < -0.39 is 0 Å². The molecule has 3 rings (SSSR count). The van der Waals surface area contributed by atoms with Gasteiger partial charge in [-0.1, -0.05) is 42.5 Å². The van der Waals surface area contributed by atoms with Gasteiger partial charge in [0.1, 0.15) is 5.82 Å². The summed E-state index contributed by atoms with van der Waals surface area (Å²) in [5, 5.41) is 12.4. The second-order valence-electron chi connectivity index (χ2n) is 6.02. The monoisotopic (exact) mass is 328 g/mol. The maximum Gasteiger partial charge on any atom is 0.318 e. The van der Waals surface area contributed by atoms with Crippen molar-refractivity contribution in [2.24, 2.45) is 0 Å². The topological polar surface area (TPSA) is 52.6 Å². The molecule has 0 aromatic heterocycles. The lowest BCUT2D eigenvalue weighted by atomic mass is 9.99. The molecule has 0 bridgehead atoms. The molecular formula is C19H21FN2O2. The van der Waals surface area contributed by atoms with Crippen molar-refractivity contribution < 1.29 is 14.3 Å². The molecule has 0 radical (unpaired) electrons. The van der Waals surface area contributed by atoms with E-state index in [0.29, 0.717) is 6.54 Å². The third-order valence-electron chi connectivity index (χ3n) is 4.45. The maximum atomic E-state index is 13.2. The molecule has 0 saturated carbocycles. The van der Waals surface area contributed by atoms with Crippen LogP contribution in [0.2, 0.25) is 0 Å². The number of hydrogen-bond donors (Lipinski definition) is 2. The van der Waals surface area contributed by atoms with Crippen LogP contribution in [0.3, 0.4) is 0 Å². The number of carbonyl (C=O) groups is 1. The van der Waals surface area contributed by atoms with Crippen molar-refractivity contribution in [1.82, 2.24) is 10.2 Å². The summed E-state index contributed by atoms with van der Waals surface area (Å²) in [6.07, 6.45) is 1.71. The van der Waals surface area contributed by atoms with Gasteiger partial charge in [0, 0.05) is 6.54 Å². The fourth-order valence-corrected chi connectivity index (χ4v) is 3.16. The van der Waals surface area contributed by atoms with Gasteiger partial charge >= 0.3 is 6.03 Å². The molecule has 0 spiro atoms. The normalized spacial score (nSPS) is 18.4. The van der Waals surface area contributed by atoms with Crippen LogP contribution in [0.25, 0.3) is 0 Å². The average Bonchev–Trinajstić information content (AvgIpc) is 3.10. The van der Waals surface area contributed by atoms with Crippen LogP contribution in [0.4, 0.5) is 9.18 Å². The molecule has 2 unspecified atom stereocenters. The molecule has 2 N–H and O–H groups in total. The molecule has 5 heteroatoms. The van der Waals surface area contributed by atoms with Gasteiger partial charge in [0.25, 0.3) is 0 Å². The summed E-state index contributed by atoms with van der Waals surface area (Å²) in [6.45, 7) is 0.613. The van der Waals surface area contributed by atoms with E-state index >= 15 is 0 Å². The summed E-state index contributed by atoms with van der Waals surface area (Å²) in [5.74, 6) is -0.309. The van der Waals surface area contributed by atoms with Crippen LogP contribution in [0.5, 0.6) is 0 Å². The number of hydrogen-bond acceptors (Lipinski definition) is 2. The van der Waals surface area contributed by atoms with Gasteiger partial charge in [-0.3, -0.25) is 0 Å². The fraction of sp³-hybridized carbons (Fsp3) is 0.316. The molecule has 1 aliphatic rings. The number of rotatable bonds is 4. The Labute approximate surface area is 140 Å². The second kappa shape index (κ2) is 7.45. The van der Waals surface area contributed by atoms with E-state index in [1.807, 2.05) is 30.3 Å². The van der Waals surface area contributed by atoms with Gasteiger partial charge in [0.05, 0.1) is 18.7 Å². The van der Waals surface area contributed by atoms with E-state index in [9.17, 15) is 14.3 Å². The molecule has 1 aliphatic heterocycles. The zero-order valence-electron chi connectivity index (χ0n) is 13.4. The van der Waals surface area contributed by atoms with E-state index in [-0.39, 0.29) is 30.5 Å². The molecule has 126 valence electrons. The highest BCUT2D eigenvalue weighted by atomic mass is 19.1. The number of aliphatic hydroxyl groups is 1. The summed E-state index contributed by atoms with van der Waals surface area (Å²) in [4.78, 5) is 14.3. The summed E-state index contributed by atoms with van der Waals surface area (Å²) < 4.78 is 13.2. The number of amides is 2. The zero-order chi connectivity index (χ0) is 16.9. The highest BCUT2D eigenvalue weighted by Crippen LogP contribution is 2.24. The van der Waals surface area contributed by atoms with Crippen molar-refractivity contribution in [1.29, 1.82) is 0 Å². The summed E-state index contributed by atoms with van der Waals surface area (Å²) in [7, 11) is 0. The molecule has 1 saturated heterocycles. The quantitative estimate of drug-likeness (QED) is 0.906. The van der Waals surface area contributed by atoms with Crippen LogP contribution in [0.1, 0.15) is 30.0 Å². The predicted octanol–water partition coefficient (Wildman–Crippen LogP) is 3.08. The number of likely N-dealkylation sites (tertiary alicyclic amines) is 1. The van der Waals surface area contributed by atoms with Crippen LogP contribution in [-0.2, 0) is 0 Å². The number of nitrogens with one attached hydrogen (secondary N) is 1. The van der Waals surface area contributed by atoms with Crippen molar-refractivity contribution >= 4 is 6.03 Å². The Morgan fingerprint density at radius 2 is 1.83 bits per heavy atom. The maximum absolute atomic E-state index is 13.2. The Kier molecular flexibility index (Phi) is 5.11. The van der Waals surface area contributed by atoms with Gasteiger partial charge in [-0.2, -0.15) is 0 Å². The Hall–Kier alpha value is -2.40. The second-order valence-corrected chi connectivity index (χ2v) is 6.02. The SMILES string of the molecule is O=C(NC(c1ccccc1)c1ccc(F)cc1)N1CCCC1CO. The minimum Gasteiger partial charge on any atom is -0.394 e. The van der Waals surface area contributed by atoms with E-state index in [1.54, 1.807) is 17.0 Å². The smallest absolute Gasteiger partial charge is 0.318 e. The molecule has 2 aromatic rings. The van der Waals surface area contributed by atoms with Crippen molar-refractivity contribution in [2.45, 2.75) is 24.9 Å². The Balaban J connectivity index is 1.85. The molecule has 1 fully saturated rings. The zero-order valence-corrected chi connectivity index (χ0v) is 13.4. The number of halogens is 1. The van der Waals surface area contributed by atoms with E-state index in [1.165, 1.54) is 12.1 Å². The Morgan fingerprint density at radius 1 is 1.17 bits per heavy atom. The van der Waals surface area contributed by atoms with Gasteiger partial charge in [-0.15, -0.1) is 0 Å². The highest BCUT2D eigenvalue weighted by Gasteiger charge is 2.29. The van der Waals surface area contributed by atoms with Crippen molar-refractivity contribution in [3.05, 3.63) is 71.5 Å². The van der Waals surface area contributed by atoms with Crippen LogP contribution >= 0.6 is 0 Å². The van der Waals surface area contributed by atoms with E-state index in [4.69, 9.17) is 0 Å². The number of carbonyl (C=O) groups excluding carboxylic acids is 1. The molecule has 2 aromatic carbocycles. The number of aliphatic hydroxyl groups excluding tert-OH is 1. The Morgan fingerprint density at radius 3 is 2.50 bits per heavy atom. The lowest BCUT2D eigenvalue weighted by molar-refractivity contribution is 0.155. The largest absolute Gasteiger partial charge is 0.394 e. The van der Waals surface area contributed by atoms with Crippen molar-refractivity contribution in [3.63, 3.8) is 0 Å². The van der Waals surface area contributed by atoms with Gasteiger partial charge < -0.3 is 15.3 Å². The van der Waals surface area contributed by atoms with Crippen LogP contribution in [0.15, 0.2) is 54.6 Å². The molecular weight excluding hydrogens is 307 g/mol. The van der Waals surface area contributed by atoms with Crippen LogP contribution in [-0.4, -0.2) is 35.2 Å². The lowest BCUT2D eigenvalue weighted by Gasteiger charge is -2.27. The first-order valence-corrected chi connectivity index (χ1v) is 8.17. The highest BCUT2D eigenvalue weighted by molar-refractivity contribution is 5.76. The molecule has 2 atom stereocenters. The van der Waals surface area contributed by atoms with Gasteiger partial charge in [-0.25, -0.2) is 9.18 Å². The van der Waals surface area contributed by atoms with Crippen LogP contribution < -0.4 is 5.32 Å². The third-order valence-corrected chi connectivity index (χ3v) is 4.45. The Bertz CT molecular complexity index is 676. The third kappa shape index (κ3) is 3.57. The van der Waals surface area contributed by atoms with E-state index in [0.717, 1.165) is 24.0 Å². The number of benzene rings is 2. The van der Waals surface area contributed by atoms with Crippen LogP contribution in [0, 0.1) is 5.82 Å². The minimum atomic E-state index is -0.362. The molecule has 2 amide bonds. The number of urea groups is 1. The first-order valence-electron chi connectivity index (χ1n) is 8.17. The molecule has 1 heterocycles. The summed E-state index contributed by atoms with van der Waals surface area (Å²) in [5.41, 5.74) is 1.74. The van der Waals surface area contributed by atoms with Crippen molar-refractivity contribution in [3.8, 4) is 0 Å². The minimum absolute atomic E-state index is 0.0278. The van der Waals surface area contributed by atoms with Gasteiger partial charge in [0.2, 0.25) is 0 Å². The van der Waals surface area contributed by atoms with Crippen molar-refractivity contribution in [2.75, 3.05) is 13.2 Å². The molecule has 24 heavy (non-hydrogen) atoms. The van der Waals surface area contributed by atoms with Gasteiger partial charge in [-0.05, 0) is 36.1 Å². The van der Waals surface area contributed by atoms with Gasteiger partial charge in [0.15, 0.2) is 0 Å². The summed E-state index contributed by atoms with van der Waals surface area (Å²) >= 11 is 0. The molecule has 0 aliphatic carbocycles. The average molecular weight is 328 g/mol. The summed E-state index contributed by atoms with van der Waals surface area (Å²) in [6, 6.07) is 15.0. The number of nitrogens with zero attached hydrogens (tertiary/aromatic N) is 1. The predicted molar refractivity (Wildman–Crippen MR) is 90.0 cm³/mol. The first-order chi connectivity index (χ1) is 11.7. The fourth-order valence-electron chi connectivity index (χ4n) is 3.16. The lowest BCUT2D eigenvalue weighted by Crippen LogP contribution is -2.45.